The predicted octanol–water partition coefficient (Wildman–Crippen LogP) is 3.79. The minimum atomic E-state index is -0.0255. The van der Waals surface area contributed by atoms with Gasteiger partial charge >= 0.3 is 0 Å². The van der Waals surface area contributed by atoms with Crippen molar-refractivity contribution in [3.05, 3.63) is 63.6 Å². The first-order chi connectivity index (χ1) is 12.0. The number of halogens is 2. The Balaban J connectivity index is 1.77. The van der Waals surface area contributed by atoms with Gasteiger partial charge in [-0.3, -0.25) is 9.69 Å². The molecule has 0 fully saturated rings. The molecular weight excluding hydrogens is 359 g/mol. The molecule has 1 amide bonds. The Hall–Kier alpha value is -1.75. The maximum Gasteiger partial charge on any atom is 0.234 e. The van der Waals surface area contributed by atoms with Crippen LogP contribution in [0.1, 0.15) is 11.1 Å². The number of amides is 1. The van der Waals surface area contributed by atoms with E-state index in [9.17, 15) is 4.79 Å². The summed E-state index contributed by atoms with van der Waals surface area (Å²) in [4.78, 5) is 14.0. The molecule has 0 heterocycles. The third-order valence-electron chi connectivity index (χ3n) is 3.78. The van der Waals surface area contributed by atoms with E-state index in [1.54, 1.807) is 19.2 Å². The SMILES string of the molecule is COc1ccccc1CCNC(=O)CN(C)Cc1ccc(Cl)cc1Cl. The minimum absolute atomic E-state index is 0.0255. The van der Waals surface area contributed by atoms with Crippen LogP contribution in [-0.4, -0.2) is 38.1 Å². The van der Waals surface area contributed by atoms with Crippen molar-refractivity contribution < 1.29 is 9.53 Å². The lowest BCUT2D eigenvalue weighted by Gasteiger charge is -2.17. The molecule has 0 saturated carbocycles. The summed E-state index contributed by atoms with van der Waals surface area (Å²) in [6, 6.07) is 13.2. The average molecular weight is 381 g/mol. The van der Waals surface area contributed by atoms with Crippen LogP contribution in [0, 0.1) is 0 Å². The summed E-state index contributed by atoms with van der Waals surface area (Å²) in [5, 5.41) is 4.14. The van der Waals surface area contributed by atoms with E-state index < -0.39 is 0 Å². The zero-order valence-corrected chi connectivity index (χ0v) is 15.9. The van der Waals surface area contributed by atoms with Crippen molar-refractivity contribution in [1.82, 2.24) is 10.2 Å². The van der Waals surface area contributed by atoms with Gasteiger partial charge in [-0.25, -0.2) is 0 Å². The molecule has 0 aliphatic rings. The minimum Gasteiger partial charge on any atom is -0.496 e. The van der Waals surface area contributed by atoms with Crippen LogP contribution >= 0.6 is 23.2 Å². The highest BCUT2D eigenvalue weighted by Crippen LogP contribution is 2.22. The van der Waals surface area contributed by atoms with Crippen molar-refractivity contribution >= 4 is 29.1 Å². The number of carbonyl (C=O) groups excluding carboxylic acids is 1. The number of para-hydroxylation sites is 1. The van der Waals surface area contributed by atoms with Crippen LogP contribution < -0.4 is 10.1 Å². The Labute approximate surface area is 158 Å². The van der Waals surface area contributed by atoms with Crippen molar-refractivity contribution in [3.63, 3.8) is 0 Å². The number of rotatable bonds is 8. The van der Waals surface area contributed by atoms with Gasteiger partial charge in [-0.15, -0.1) is 0 Å². The molecule has 0 spiro atoms. The summed E-state index contributed by atoms with van der Waals surface area (Å²) in [6.45, 7) is 1.44. The van der Waals surface area contributed by atoms with Gasteiger partial charge < -0.3 is 10.1 Å². The second kappa shape index (κ2) is 9.66. The number of hydrogen-bond acceptors (Lipinski definition) is 3. The molecule has 6 heteroatoms. The van der Waals surface area contributed by atoms with Gasteiger partial charge in [-0.2, -0.15) is 0 Å². The molecule has 25 heavy (non-hydrogen) atoms. The smallest absolute Gasteiger partial charge is 0.234 e. The molecule has 0 bridgehead atoms. The fourth-order valence-electron chi connectivity index (χ4n) is 2.54. The summed E-state index contributed by atoms with van der Waals surface area (Å²) in [5.74, 6) is 0.814. The number of likely N-dealkylation sites (N-methyl/N-ethyl adjacent to an activating group) is 1. The first-order valence-corrected chi connectivity index (χ1v) is 8.76. The number of nitrogens with one attached hydrogen (secondary N) is 1. The number of nitrogens with zero attached hydrogens (tertiary/aromatic N) is 1. The van der Waals surface area contributed by atoms with Crippen molar-refractivity contribution in [2.45, 2.75) is 13.0 Å². The number of hydrogen-bond donors (Lipinski definition) is 1. The van der Waals surface area contributed by atoms with Gasteiger partial charge in [0.05, 0.1) is 13.7 Å². The van der Waals surface area contributed by atoms with Crippen LogP contribution in [0.4, 0.5) is 0 Å². The number of carbonyl (C=O) groups is 1. The van der Waals surface area contributed by atoms with E-state index in [-0.39, 0.29) is 5.91 Å². The van der Waals surface area contributed by atoms with Crippen LogP contribution in [0.5, 0.6) is 5.75 Å². The van der Waals surface area contributed by atoms with E-state index in [1.807, 2.05) is 42.3 Å². The molecule has 0 radical (unpaired) electrons. The maximum absolute atomic E-state index is 12.1. The maximum atomic E-state index is 12.1. The Morgan fingerprint density at radius 2 is 1.92 bits per heavy atom. The first-order valence-electron chi connectivity index (χ1n) is 8.00. The van der Waals surface area contributed by atoms with E-state index >= 15 is 0 Å². The lowest BCUT2D eigenvalue weighted by molar-refractivity contribution is -0.122. The van der Waals surface area contributed by atoms with Gasteiger partial charge in [-0.1, -0.05) is 47.5 Å². The molecule has 0 aliphatic carbocycles. The van der Waals surface area contributed by atoms with Crippen molar-refractivity contribution in [1.29, 1.82) is 0 Å². The van der Waals surface area contributed by atoms with Crippen molar-refractivity contribution in [2.75, 3.05) is 27.2 Å². The predicted molar refractivity (Wildman–Crippen MR) is 103 cm³/mol. The third kappa shape index (κ3) is 6.24. The van der Waals surface area contributed by atoms with Crippen LogP contribution in [0.25, 0.3) is 0 Å². The molecule has 0 unspecified atom stereocenters. The quantitative estimate of drug-likeness (QED) is 0.757. The lowest BCUT2D eigenvalue weighted by atomic mass is 10.1. The second-order valence-corrected chi connectivity index (χ2v) is 6.66. The highest BCUT2D eigenvalue weighted by Gasteiger charge is 2.10. The highest BCUT2D eigenvalue weighted by atomic mass is 35.5. The number of methoxy groups -OCH3 is 1. The third-order valence-corrected chi connectivity index (χ3v) is 4.36. The first kappa shape index (κ1) is 19.6. The van der Waals surface area contributed by atoms with E-state index in [1.165, 1.54) is 0 Å². The zero-order valence-electron chi connectivity index (χ0n) is 14.4. The number of benzene rings is 2. The molecule has 134 valence electrons. The van der Waals surface area contributed by atoms with Gasteiger partial charge in [0.2, 0.25) is 5.91 Å². The summed E-state index contributed by atoms with van der Waals surface area (Å²) < 4.78 is 5.31. The Bertz CT molecular complexity index is 722. The van der Waals surface area contributed by atoms with Gasteiger partial charge in [0.15, 0.2) is 0 Å². The summed E-state index contributed by atoms with van der Waals surface area (Å²) in [7, 11) is 3.53. The molecule has 0 saturated heterocycles. The zero-order chi connectivity index (χ0) is 18.2. The summed E-state index contributed by atoms with van der Waals surface area (Å²) in [5.41, 5.74) is 2.02. The molecule has 2 aromatic rings. The van der Waals surface area contributed by atoms with E-state index in [0.29, 0.717) is 29.7 Å². The lowest BCUT2D eigenvalue weighted by Crippen LogP contribution is -2.35. The molecular formula is C19H22Cl2N2O2. The molecule has 4 nitrogen and oxygen atoms in total. The Morgan fingerprint density at radius 3 is 2.64 bits per heavy atom. The van der Waals surface area contributed by atoms with Crippen LogP contribution in [-0.2, 0) is 17.8 Å². The van der Waals surface area contributed by atoms with Gasteiger partial charge in [0.25, 0.3) is 0 Å². The normalized spacial score (nSPS) is 10.8. The molecule has 2 aromatic carbocycles. The Kier molecular flexibility index (Phi) is 7.56. The standard InChI is InChI=1S/C19H22Cl2N2O2/c1-23(12-15-7-8-16(20)11-17(15)21)13-19(24)22-10-9-14-5-3-4-6-18(14)25-2/h3-8,11H,9-10,12-13H2,1-2H3,(H,22,24). The van der Waals surface area contributed by atoms with Crippen molar-refractivity contribution in [2.24, 2.45) is 0 Å². The van der Waals surface area contributed by atoms with E-state index in [4.69, 9.17) is 27.9 Å². The molecule has 2 rings (SSSR count). The monoisotopic (exact) mass is 380 g/mol. The van der Waals surface area contributed by atoms with Crippen molar-refractivity contribution in [3.8, 4) is 5.75 Å². The molecule has 1 N–H and O–H groups in total. The average Bonchev–Trinajstić information content (AvgIpc) is 2.58. The molecule has 0 atom stereocenters. The van der Waals surface area contributed by atoms with Gasteiger partial charge in [0.1, 0.15) is 5.75 Å². The fraction of sp³-hybridized carbons (Fsp3) is 0.316. The summed E-state index contributed by atoms with van der Waals surface area (Å²) in [6.07, 6.45) is 0.725. The van der Waals surface area contributed by atoms with Crippen LogP contribution in [0.3, 0.4) is 0 Å². The van der Waals surface area contributed by atoms with Gasteiger partial charge in [-0.05, 0) is 42.8 Å². The number of ether oxygens (including phenoxy) is 1. The molecule has 0 aromatic heterocycles. The van der Waals surface area contributed by atoms with E-state index in [0.717, 1.165) is 23.3 Å². The molecule has 0 aliphatic heterocycles. The second-order valence-electron chi connectivity index (χ2n) is 5.82. The largest absolute Gasteiger partial charge is 0.496 e. The topological polar surface area (TPSA) is 41.6 Å². The summed E-state index contributed by atoms with van der Waals surface area (Å²) >= 11 is 12.1. The Morgan fingerprint density at radius 1 is 1.16 bits per heavy atom. The van der Waals surface area contributed by atoms with Gasteiger partial charge in [0, 0.05) is 23.1 Å². The fourth-order valence-corrected chi connectivity index (χ4v) is 3.01. The van der Waals surface area contributed by atoms with Crippen LogP contribution in [0.2, 0.25) is 10.0 Å². The highest BCUT2D eigenvalue weighted by molar-refractivity contribution is 6.35. The van der Waals surface area contributed by atoms with E-state index in [2.05, 4.69) is 5.32 Å². The van der Waals surface area contributed by atoms with Crippen LogP contribution in [0.15, 0.2) is 42.5 Å².